The van der Waals surface area contributed by atoms with Crippen molar-refractivity contribution >= 4 is 17.6 Å². The maximum atomic E-state index is 12.5. The molecule has 1 aliphatic rings. The first-order valence-corrected chi connectivity index (χ1v) is 9.01. The van der Waals surface area contributed by atoms with Gasteiger partial charge < -0.3 is 19.5 Å². The van der Waals surface area contributed by atoms with Crippen molar-refractivity contribution in [3.63, 3.8) is 0 Å². The maximum absolute atomic E-state index is 12.5. The number of hydrogen-bond acceptors (Lipinski definition) is 4. The molecule has 1 unspecified atom stereocenters. The van der Waals surface area contributed by atoms with E-state index in [1.54, 1.807) is 17.9 Å². The molecule has 6 heteroatoms. The Kier molecular flexibility index (Phi) is 5.64. The van der Waals surface area contributed by atoms with Crippen LogP contribution in [0.5, 0.6) is 11.5 Å². The van der Waals surface area contributed by atoms with Gasteiger partial charge in [-0.25, -0.2) is 4.79 Å². The molecular formula is C21H23NO5. The number of carboxylic acid groups (broad SMARTS) is 1. The van der Waals surface area contributed by atoms with Crippen LogP contribution in [0.3, 0.4) is 0 Å². The summed E-state index contributed by atoms with van der Waals surface area (Å²) < 4.78 is 11.4. The number of carbonyl (C=O) groups excluding carboxylic acids is 1. The number of fused-ring (bicyclic) bond motifs is 1. The fourth-order valence-corrected chi connectivity index (χ4v) is 3.05. The molecule has 0 fully saturated rings. The van der Waals surface area contributed by atoms with Crippen molar-refractivity contribution in [3.05, 3.63) is 53.6 Å². The van der Waals surface area contributed by atoms with Crippen molar-refractivity contribution < 1.29 is 24.2 Å². The van der Waals surface area contributed by atoms with E-state index in [1.165, 1.54) is 12.1 Å². The average Bonchev–Trinajstić information content (AvgIpc) is 2.65. The third-order valence-electron chi connectivity index (χ3n) is 4.54. The fraction of sp³-hybridized carbons (Fsp3) is 0.333. The molecule has 0 aliphatic carbocycles. The normalized spacial score (nSPS) is 15.9. The Bertz CT molecular complexity index is 848. The Morgan fingerprint density at radius 3 is 2.74 bits per heavy atom. The third-order valence-corrected chi connectivity index (χ3v) is 4.54. The summed E-state index contributed by atoms with van der Waals surface area (Å²) in [6.45, 7) is 4.78. The molecular weight excluding hydrogens is 346 g/mol. The molecule has 27 heavy (non-hydrogen) atoms. The second-order valence-electron chi connectivity index (χ2n) is 6.56. The van der Waals surface area contributed by atoms with Gasteiger partial charge in [0.15, 0.2) is 6.10 Å². The Morgan fingerprint density at radius 1 is 1.22 bits per heavy atom. The lowest BCUT2D eigenvalue weighted by Gasteiger charge is -2.33. The van der Waals surface area contributed by atoms with Gasteiger partial charge in [-0.3, -0.25) is 4.79 Å². The molecule has 3 rings (SSSR count). The minimum atomic E-state index is -1.02. The van der Waals surface area contributed by atoms with E-state index in [9.17, 15) is 9.59 Å². The van der Waals surface area contributed by atoms with Gasteiger partial charge in [0, 0.05) is 6.54 Å². The lowest BCUT2D eigenvalue weighted by Crippen LogP contribution is -2.45. The first-order valence-electron chi connectivity index (χ1n) is 9.01. The van der Waals surface area contributed by atoms with E-state index in [2.05, 4.69) is 0 Å². The van der Waals surface area contributed by atoms with Crippen LogP contribution in [0.1, 0.15) is 35.7 Å². The summed E-state index contributed by atoms with van der Waals surface area (Å²) in [5, 5.41) is 9.13. The number of carbonyl (C=O) groups is 2. The Morgan fingerprint density at radius 2 is 2.00 bits per heavy atom. The van der Waals surface area contributed by atoms with Gasteiger partial charge in [-0.15, -0.1) is 0 Å². The lowest BCUT2D eigenvalue weighted by molar-refractivity contribution is -0.125. The molecule has 0 bridgehead atoms. The SMILES string of the molecule is Cc1ccccc1OCCCCN1C(=O)C(C)Oc2cc(C(=O)O)ccc21. The number of anilines is 1. The Hall–Kier alpha value is -3.02. The van der Waals surface area contributed by atoms with E-state index in [1.807, 2.05) is 31.2 Å². The molecule has 0 aromatic heterocycles. The van der Waals surface area contributed by atoms with Gasteiger partial charge in [0.2, 0.25) is 0 Å². The van der Waals surface area contributed by atoms with Gasteiger partial charge in [0.25, 0.3) is 5.91 Å². The highest BCUT2D eigenvalue weighted by molar-refractivity contribution is 6.00. The summed E-state index contributed by atoms with van der Waals surface area (Å²) in [7, 11) is 0. The standard InChI is InChI=1S/C21H23NO5/c1-14-7-3-4-8-18(14)26-12-6-5-11-22-17-10-9-16(21(24)25)13-19(17)27-15(2)20(22)23/h3-4,7-10,13,15H,5-6,11-12H2,1-2H3,(H,24,25). The predicted molar refractivity (Wildman–Crippen MR) is 102 cm³/mol. The number of rotatable bonds is 7. The van der Waals surface area contributed by atoms with Gasteiger partial charge in [0.1, 0.15) is 11.5 Å². The molecule has 2 aromatic carbocycles. The van der Waals surface area contributed by atoms with Gasteiger partial charge in [-0.05, 0) is 56.5 Å². The second-order valence-corrected chi connectivity index (χ2v) is 6.56. The quantitative estimate of drug-likeness (QED) is 0.754. The number of amides is 1. The zero-order valence-electron chi connectivity index (χ0n) is 15.5. The minimum absolute atomic E-state index is 0.120. The smallest absolute Gasteiger partial charge is 0.335 e. The molecule has 0 saturated carbocycles. The maximum Gasteiger partial charge on any atom is 0.335 e. The van der Waals surface area contributed by atoms with Crippen LogP contribution in [0.25, 0.3) is 0 Å². The number of benzene rings is 2. The summed E-state index contributed by atoms with van der Waals surface area (Å²) in [5.41, 5.74) is 1.85. The van der Waals surface area contributed by atoms with E-state index < -0.39 is 12.1 Å². The molecule has 1 atom stereocenters. The van der Waals surface area contributed by atoms with Gasteiger partial charge in [-0.2, -0.15) is 0 Å². The topological polar surface area (TPSA) is 76.1 Å². The monoisotopic (exact) mass is 369 g/mol. The van der Waals surface area contributed by atoms with E-state index in [-0.39, 0.29) is 11.5 Å². The van der Waals surface area contributed by atoms with Crippen LogP contribution in [0.2, 0.25) is 0 Å². The highest BCUT2D eigenvalue weighted by atomic mass is 16.5. The average molecular weight is 369 g/mol. The van der Waals surface area contributed by atoms with E-state index in [0.717, 1.165) is 24.2 Å². The Labute approximate surface area is 158 Å². The highest BCUT2D eigenvalue weighted by Crippen LogP contribution is 2.35. The molecule has 1 N–H and O–H groups in total. The molecule has 0 saturated heterocycles. The van der Waals surface area contributed by atoms with Crippen molar-refractivity contribution in [1.29, 1.82) is 0 Å². The largest absolute Gasteiger partial charge is 0.493 e. The van der Waals surface area contributed by atoms with Crippen molar-refractivity contribution in [2.45, 2.75) is 32.8 Å². The van der Waals surface area contributed by atoms with Crippen molar-refractivity contribution in [3.8, 4) is 11.5 Å². The van der Waals surface area contributed by atoms with E-state index in [0.29, 0.717) is 24.6 Å². The summed E-state index contributed by atoms with van der Waals surface area (Å²) in [6.07, 6.45) is 0.935. The first-order chi connectivity index (χ1) is 13.0. The summed E-state index contributed by atoms with van der Waals surface area (Å²) in [6, 6.07) is 12.5. The number of nitrogens with zero attached hydrogens (tertiary/aromatic N) is 1. The number of carboxylic acids is 1. The summed E-state index contributed by atoms with van der Waals surface area (Å²) >= 11 is 0. The predicted octanol–water partition coefficient (Wildman–Crippen LogP) is 3.67. The number of hydrogen-bond donors (Lipinski definition) is 1. The van der Waals surface area contributed by atoms with Gasteiger partial charge >= 0.3 is 5.97 Å². The van der Waals surface area contributed by atoms with Crippen LogP contribution < -0.4 is 14.4 Å². The molecule has 2 aromatic rings. The zero-order chi connectivity index (χ0) is 19.4. The number of para-hydroxylation sites is 1. The second kappa shape index (κ2) is 8.12. The number of ether oxygens (including phenoxy) is 2. The van der Waals surface area contributed by atoms with Crippen LogP contribution in [0, 0.1) is 6.92 Å². The molecule has 1 aliphatic heterocycles. The minimum Gasteiger partial charge on any atom is -0.493 e. The van der Waals surface area contributed by atoms with Crippen LogP contribution in [-0.2, 0) is 4.79 Å². The molecule has 142 valence electrons. The summed E-state index contributed by atoms with van der Waals surface area (Å²) in [4.78, 5) is 25.3. The molecule has 1 heterocycles. The highest BCUT2D eigenvalue weighted by Gasteiger charge is 2.31. The summed E-state index contributed by atoms with van der Waals surface area (Å²) in [5.74, 6) is 0.162. The molecule has 6 nitrogen and oxygen atoms in total. The molecule has 0 radical (unpaired) electrons. The number of unbranched alkanes of at least 4 members (excludes halogenated alkanes) is 1. The van der Waals surface area contributed by atoms with Gasteiger partial charge in [-0.1, -0.05) is 18.2 Å². The zero-order valence-corrected chi connectivity index (χ0v) is 15.5. The van der Waals surface area contributed by atoms with Crippen LogP contribution in [0.15, 0.2) is 42.5 Å². The van der Waals surface area contributed by atoms with Crippen LogP contribution in [-0.4, -0.2) is 36.2 Å². The number of aryl methyl sites for hydroxylation is 1. The van der Waals surface area contributed by atoms with Crippen LogP contribution in [0.4, 0.5) is 5.69 Å². The van der Waals surface area contributed by atoms with Crippen molar-refractivity contribution in [1.82, 2.24) is 0 Å². The third kappa shape index (κ3) is 4.22. The van der Waals surface area contributed by atoms with E-state index >= 15 is 0 Å². The van der Waals surface area contributed by atoms with E-state index in [4.69, 9.17) is 14.6 Å². The lowest BCUT2D eigenvalue weighted by atomic mass is 10.1. The van der Waals surface area contributed by atoms with Crippen LogP contribution >= 0.6 is 0 Å². The number of aromatic carboxylic acids is 1. The Balaban J connectivity index is 1.60. The molecule has 1 amide bonds. The van der Waals surface area contributed by atoms with Gasteiger partial charge in [0.05, 0.1) is 17.9 Å². The van der Waals surface area contributed by atoms with Crippen molar-refractivity contribution in [2.75, 3.05) is 18.1 Å². The molecule has 0 spiro atoms. The first kappa shape index (κ1) is 18.8. The fourth-order valence-electron chi connectivity index (χ4n) is 3.05. The van der Waals surface area contributed by atoms with Crippen molar-refractivity contribution in [2.24, 2.45) is 0 Å².